The van der Waals surface area contributed by atoms with Crippen LogP contribution in [0.15, 0.2) is 34.4 Å². The molecule has 146 valence electrons. The van der Waals surface area contributed by atoms with Crippen molar-refractivity contribution >= 4 is 0 Å². The minimum Gasteiger partial charge on any atom is -0.302 e. The first-order valence-electron chi connectivity index (χ1n) is 8.60. The van der Waals surface area contributed by atoms with Crippen LogP contribution in [-0.2, 0) is 26.3 Å². The Morgan fingerprint density at radius 1 is 1.07 bits per heavy atom. The Hall–Kier alpha value is -2.49. The third-order valence-electron chi connectivity index (χ3n) is 4.75. The van der Waals surface area contributed by atoms with E-state index < -0.39 is 17.4 Å². The number of halogens is 3. The maximum atomic E-state index is 12.6. The van der Waals surface area contributed by atoms with E-state index in [2.05, 4.69) is 14.9 Å². The van der Waals surface area contributed by atoms with Gasteiger partial charge in [0.05, 0.1) is 18.3 Å². The number of hydrogen-bond donors (Lipinski definition) is 0. The predicted octanol–water partition coefficient (Wildman–Crippen LogP) is 1.27. The Morgan fingerprint density at radius 2 is 1.78 bits per heavy atom. The van der Waals surface area contributed by atoms with Gasteiger partial charge in [-0.15, -0.1) is 0 Å². The normalized spacial score (nSPS) is 16.6. The van der Waals surface area contributed by atoms with E-state index in [9.17, 15) is 22.8 Å². The Kier molecular flexibility index (Phi) is 5.45. The zero-order valence-electron chi connectivity index (χ0n) is 14.8. The number of piperidine rings is 1. The molecule has 0 N–H and O–H groups in total. The van der Waals surface area contributed by atoms with Gasteiger partial charge in [0.2, 0.25) is 0 Å². The molecule has 0 bridgehead atoms. The van der Waals surface area contributed by atoms with Gasteiger partial charge in [0, 0.05) is 32.3 Å². The van der Waals surface area contributed by atoms with E-state index in [-0.39, 0.29) is 11.5 Å². The summed E-state index contributed by atoms with van der Waals surface area (Å²) in [4.78, 5) is 33.3. The Labute approximate surface area is 153 Å². The lowest BCUT2D eigenvalue weighted by atomic mass is 9.96. The molecule has 0 aliphatic carbocycles. The highest BCUT2D eigenvalue weighted by Crippen LogP contribution is 2.26. The van der Waals surface area contributed by atoms with Crippen molar-refractivity contribution < 1.29 is 13.2 Å². The number of aryl methyl sites for hydroxylation is 1. The number of nitrogens with zero attached hydrogens (tertiary/aromatic N) is 5. The number of rotatable bonds is 4. The molecule has 1 fully saturated rings. The molecule has 3 rings (SSSR count). The molecule has 1 aliphatic rings. The molecule has 0 unspecified atom stereocenters. The van der Waals surface area contributed by atoms with Gasteiger partial charge in [-0.3, -0.25) is 19.1 Å². The molecule has 27 heavy (non-hydrogen) atoms. The summed E-state index contributed by atoms with van der Waals surface area (Å²) in [5.74, 6) is 0.189. The van der Waals surface area contributed by atoms with E-state index in [0.717, 1.165) is 32.3 Å². The predicted molar refractivity (Wildman–Crippen MR) is 91.0 cm³/mol. The molecule has 0 aromatic carbocycles. The van der Waals surface area contributed by atoms with E-state index in [4.69, 9.17) is 0 Å². The Bertz CT molecular complexity index is 914. The number of likely N-dealkylation sites (tertiary alicyclic amines) is 1. The first-order valence-corrected chi connectivity index (χ1v) is 8.60. The molecule has 0 spiro atoms. The quantitative estimate of drug-likeness (QED) is 0.795. The lowest BCUT2D eigenvalue weighted by Gasteiger charge is -2.31. The standard InChI is InChI=1S/C17H20F3N5O2/c1-23-10-21-13(6-15(23)26)9-24-4-2-12(3-5-24)8-25-11-22-14(7-16(25)27)17(18,19)20/h6-7,10-12H,2-5,8-9H2,1H3. The van der Waals surface area contributed by atoms with Crippen molar-refractivity contribution in [1.29, 1.82) is 0 Å². The van der Waals surface area contributed by atoms with Crippen molar-refractivity contribution in [3.63, 3.8) is 0 Å². The topological polar surface area (TPSA) is 73.0 Å². The van der Waals surface area contributed by atoms with Gasteiger partial charge in [-0.2, -0.15) is 13.2 Å². The second-order valence-corrected chi connectivity index (χ2v) is 6.81. The van der Waals surface area contributed by atoms with Crippen molar-refractivity contribution in [1.82, 2.24) is 24.0 Å². The highest BCUT2D eigenvalue weighted by molar-refractivity contribution is 5.04. The molecule has 2 aromatic rings. The number of alkyl halides is 3. The molecule has 0 amide bonds. The third-order valence-corrected chi connectivity index (χ3v) is 4.75. The largest absolute Gasteiger partial charge is 0.433 e. The molecule has 7 nitrogen and oxygen atoms in total. The van der Waals surface area contributed by atoms with Crippen LogP contribution in [0.4, 0.5) is 13.2 Å². The van der Waals surface area contributed by atoms with Crippen molar-refractivity contribution in [3.05, 3.63) is 56.9 Å². The SMILES string of the molecule is Cn1cnc(CN2CCC(Cn3cnc(C(F)(F)F)cc3=O)CC2)cc1=O. The van der Waals surface area contributed by atoms with Crippen LogP contribution < -0.4 is 11.1 Å². The fraction of sp³-hybridized carbons (Fsp3) is 0.529. The van der Waals surface area contributed by atoms with E-state index in [1.54, 1.807) is 7.05 Å². The van der Waals surface area contributed by atoms with E-state index >= 15 is 0 Å². The summed E-state index contributed by atoms with van der Waals surface area (Å²) in [5.41, 5.74) is -1.26. The average Bonchev–Trinajstić information content (AvgIpc) is 2.61. The molecule has 0 atom stereocenters. The lowest BCUT2D eigenvalue weighted by molar-refractivity contribution is -0.141. The van der Waals surface area contributed by atoms with Gasteiger partial charge < -0.3 is 4.57 Å². The van der Waals surface area contributed by atoms with Gasteiger partial charge in [0.1, 0.15) is 0 Å². The molecule has 1 aliphatic heterocycles. The van der Waals surface area contributed by atoms with Gasteiger partial charge in [-0.05, 0) is 31.8 Å². The molecule has 0 saturated carbocycles. The van der Waals surface area contributed by atoms with Crippen LogP contribution in [0, 0.1) is 5.92 Å². The number of aromatic nitrogens is 4. The highest BCUT2D eigenvalue weighted by atomic mass is 19.4. The monoisotopic (exact) mass is 383 g/mol. The molecule has 1 saturated heterocycles. The summed E-state index contributed by atoms with van der Waals surface area (Å²) in [6.45, 7) is 2.46. The fourth-order valence-electron chi connectivity index (χ4n) is 3.14. The fourth-order valence-corrected chi connectivity index (χ4v) is 3.14. The third kappa shape index (κ3) is 4.82. The molecular formula is C17H20F3N5O2. The molecule has 10 heteroatoms. The highest BCUT2D eigenvalue weighted by Gasteiger charge is 2.33. The molecule has 2 aromatic heterocycles. The maximum Gasteiger partial charge on any atom is 0.433 e. The molecule has 0 radical (unpaired) electrons. The minimum absolute atomic E-state index is 0.107. The Balaban J connectivity index is 1.56. The van der Waals surface area contributed by atoms with Crippen LogP contribution in [0.1, 0.15) is 24.2 Å². The summed E-state index contributed by atoms with van der Waals surface area (Å²) in [6, 6.07) is 2.05. The number of hydrogen-bond acceptors (Lipinski definition) is 5. The van der Waals surface area contributed by atoms with Crippen LogP contribution in [0.5, 0.6) is 0 Å². The lowest BCUT2D eigenvalue weighted by Crippen LogP contribution is -2.36. The molecular weight excluding hydrogens is 363 g/mol. The van der Waals surface area contributed by atoms with Crippen molar-refractivity contribution in [2.24, 2.45) is 13.0 Å². The van der Waals surface area contributed by atoms with Crippen LogP contribution in [-0.4, -0.2) is 37.1 Å². The first-order chi connectivity index (χ1) is 12.7. The van der Waals surface area contributed by atoms with Crippen LogP contribution in [0.25, 0.3) is 0 Å². The van der Waals surface area contributed by atoms with E-state index in [1.165, 1.54) is 21.5 Å². The maximum absolute atomic E-state index is 12.6. The van der Waals surface area contributed by atoms with Gasteiger partial charge in [0.15, 0.2) is 5.69 Å². The van der Waals surface area contributed by atoms with Gasteiger partial charge in [0.25, 0.3) is 11.1 Å². The molecule has 3 heterocycles. The zero-order valence-corrected chi connectivity index (χ0v) is 14.8. The van der Waals surface area contributed by atoms with Gasteiger partial charge in [-0.1, -0.05) is 0 Å². The summed E-state index contributed by atoms with van der Waals surface area (Å²) < 4.78 is 40.4. The van der Waals surface area contributed by atoms with Crippen molar-refractivity contribution in [2.45, 2.75) is 32.1 Å². The minimum atomic E-state index is -4.62. The summed E-state index contributed by atoms with van der Waals surface area (Å²) in [7, 11) is 1.64. The second kappa shape index (κ2) is 7.63. The van der Waals surface area contributed by atoms with Crippen LogP contribution in [0.2, 0.25) is 0 Å². The van der Waals surface area contributed by atoms with Crippen molar-refractivity contribution in [2.75, 3.05) is 13.1 Å². The average molecular weight is 383 g/mol. The van der Waals surface area contributed by atoms with Crippen LogP contribution >= 0.6 is 0 Å². The van der Waals surface area contributed by atoms with Gasteiger partial charge in [-0.25, -0.2) is 9.97 Å². The summed E-state index contributed by atoms with van der Waals surface area (Å²) >= 11 is 0. The van der Waals surface area contributed by atoms with Crippen molar-refractivity contribution in [3.8, 4) is 0 Å². The van der Waals surface area contributed by atoms with E-state index in [0.29, 0.717) is 24.8 Å². The van der Waals surface area contributed by atoms with E-state index in [1.807, 2.05) is 0 Å². The first kappa shape index (κ1) is 19.3. The smallest absolute Gasteiger partial charge is 0.302 e. The Morgan fingerprint density at radius 3 is 2.37 bits per heavy atom. The van der Waals surface area contributed by atoms with Gasteiger partial charge >= 0.3 is 6.18 Å². The second-order valence-electron chi connectivity index (χ2n) is 6.81. The van der Waals surface area contributed by atoms with Crippen LogP contribution in [0.3, 0.4) is 0 Å². The summed E-state index contributed by atoms with van der Waals surface area (Å²) in [5, 5.41) is 0. The zero-order chi connectivity index (χ0) is 19.6. The summed E-state index contributed by atoms with van der Waals surface area (Å²) in [6.07, 6.45) is -0.539.